The highest BCUT2D eigenvalue weighted by Gasteiger charge is 2.15. The molecule has 2 amide bonds. The summed E-state index contributed by atoms with van der Waals surface area (Å²) in [5.41, 5.74) is 2.33. The SMILES string of the molecule is C=CCn1c(CCNC(=O)c2ccc(Cl)c(Cl)c2)nnc1SCC(=O)Nc1ccccc1C(C)C. The molecule has 184 valence electrons. The van der Waals surface area contributed by atoms with Gasteiger partial charge in [-0.1, -0.05) is 73.1 Å². The molecule has 3 rings (SSSR count). The summed E-state index contributed by atoms with van der Waals surface area (Å²) in [7, 11) is 0. The van der Waals surface area contributed by atoms with Gasteiger partial charge >= 0.3 is 0 Å². The quantitative estimate of drug-likeness (QED) is 0.248. The maximum Gasteiger partial charge on any atom is 0.251 e. The second kappa shape index (κ2) is 12.8. The van der Waals surface area contributed by atoms with Crippen LogP contribution in [0.4, 0.5) is 5.69 Å². The van der Waals surface area contributed by atoms with Gasteiger partial charge in [0.15, 0.2) is 5.16 Å². The summed E-state index contributed by atoms with van der Waals surface area (Å²) in [5, 5.41) is 15.7. The van der Waals surface area contributed by atoms with E-state index in [1.165, 1.54) is 17.8 Å². The van der Waals surface area contributed by atoms with Gasteiger partial charge in [0.05, 0.1) is 15.8 Å². The second-order valence-corrected chi connectivity index (χ2v) is 9.77. The second-order valence-electron chi connectivity index (χ2n) is 8.01. The summed E-state index contributed by atoms with van der Waals surface area (Å²) < 4.78 is 1.89. The molecule has 0 atom stereocenters. The van der Waals surface area contributed by atoms with E-state index < -0.39 is 0 Å². The van der Waals surface area contributed by atoms with Gasteiger partial charge in [0.25, 0.3) is 5.91 Å². The number of benzene rings is 2. The number of para-hydroxylation sites is 1. The predicted molar refractivity (Wildman–Crippen MR) is 143 cm³/mol. The van der Waals surface area contributed by atoms with E-state index in [0.29, 0.717) is 52.0 Å². The molecule has 0 spiro atoms. The van der Waals surface area contributed by atoms with Crippen LogP contribution in [0.5, 0.6) is 0 Å². The molecule has 0 aliphatic carbocycles. The van der Waals surface area contributed by atoms with Crippen molar-refractivity contribution in [1.82, 2.24) is 20.1 Å². The third kappa shape index (κ3) is 7.34. The molecule has 7 nitrogen and oxygen atoms in total. The average Bonchev–Trinajstić information content (AvgIpc) is 3.21. The van der Waals surface area contributed by atoms with Crippen LogP contribution in [0, 0.1) is 0 Å². The summed E-state index contributed by atoms with van der Waals surface area (Å²) in [6.07, 6.45) is 2.20. The molecule has 0 saturated heterocycles. The molecule has 3 aromatic rings. The van der Waals surface area contributed by atoms with Crippen LogP contribution < -0.4 is 10.6 Å². The first kappa shape index (κ1) is 26.8. The number of hydrogen-bond donors (Lipinski definition) is 2. The Bertz CT molecular complexity index is 1210. The molecule has 0 aliphatic rings. The molecule has 1 heterocycles. The number of allylic oxidation sites excluding steroid dienone is 1. The lowest BCUT2D eigenvalue weighted by molar-refractivity contribution is -0.113. The Morgan fingerprint density at radius 3 is 2.63 bits per heavy atom. The van der Waals surface area contributed by atoms with Crippen molar-refractivity contribution in [3.05, 3.63) is 82.1 Å². The summed E-state index contributed by atoms with van der Waals surface area (Å²) in [6.45, 7) is 8.82. The minimum Gasteiger partial charge on any atom is -0.352 e. The molecule has 10 heteroatoms. The number of amides is 2. The van der Waals surface area contributed by atoms with Crippen LogP contribution in [-0.2, 0) is 17.8 Å². The highest BCUT2D eigenvalue weighted by atomic mass is 35.5. The van der Waals surface area contributed by atoms with Crippen molar-refractivity contribution in [2.75, 3.05) is 17.6 Å². The minimum atomic E-state index is -0.258. The van der Waals surface area contributed by atoms with Crippen LogP contribution in [0.2, 0.25) is 10.0 Å². The van der Waals surface area contributed by atoms with E-state index in [-0.39, 0.29) is 17.6 Å². The molecule has 2 aromatic carbocycles. The lowest BCUT2D eigenvalue weighted by atomic mass is 10.0. The summed E-state index contributed by atoms with van der Waals surface area (Å²) in [6, 6.07) is 12.5. The molecular weight excluding hydrogens is 505 g/mol. The first-order valence-electron chi connectivity index (χ1n) is 11.1. The molecule has 0 bridgehead atoms. The van der Waals surface area contributed by atoms with Crippen molar-refractivity contribution in [2.45, 2.75) is 37.9 Å². The van der Waals surface area contributed by atoms with Crippen LogP contribution in [0.15, 0.2) is 60.3 Å². The standard InChI is InChI=1S/C25H27Cl2N5O2S/c1-4-13-32-22(11-12-28-24(34)17-9-10-19(26)20(27)14-17)30-31-25(32)35-15-23(33)29-21-8-6-5-7-18(21)16(2)3/h4-10,14,16H,1,11-13,15H2,2-3H3,(H,28,34)(H,29,33). The number of carbonyl (C=O) groups is 2. The Morgan fingerprint density at radius 1 is 1.14 bits per heavy atom. The normalized spacial score (nSPS) is 10.9. The number of carbonyl (C=O) groups excluding carboxylic acids is 2. The molecule has 0 saturated carbocycles. The van der Waals surface area contributed by atoms with Crippen LogP contribution in [0.25, 0.3) is 0 Å². The number of anilines is 1. The maximum absolute atomic E-state index is 12.6. The van der Waals surface area contributed by atoms with Gasteiger partial charge in [-0.2, -0.15) is 0 Å². The van der Waals surface area contributed by atoms with Crippen LogP contribution in [-0.4, -0.2) is 38.9 Å². The predicted octanol–water partition coefficient (Wildman–Crippen LogP) is 5.60. The molecule has 0 unspecified atom stereocenters. The Hall–Kier alpha value is -2.81. The molecule has 35 heavy (non-hydrogen) atoms. The summed E-state index contributed by atoms with van der Waals surface area (Å²) in [5.74, 6) is 0.801. The van der Waals surface area contributed by atoms with Gasteiger partial charge in [0.2, 0.25) is 5.91 Å². The van der Waals surface area contributed by atoms with E-state index in [1.54, 1.807) is 18.2 Å². The average molecular weight is 532 g/mol. The topological polar surface area (TPSA) is 88.9 Å². The fourth-order valence-corrected chi connectivity index (χ4v) is 4.45. The number of thioether (sulfide) groups is 1. The van der Waals surface area contributed by atoms with Gasteiger partial charge in [-0.3, -0.25) is 9.59 Å². The molecule has 0 fully saturated rings. The first-order valence-corrected chi connectivity index (χ1v) is 12.8. The molecule has 0 radical (unpaired) electrons. The van der Waals surface area contributed by atoms with Crippen molar-refractivity contribution in [2.24, 2.45) is 0 Å². The van der Waals surface area contributed by atoms with Gasteiger partial charge in [0.1, 0.15) is 5.82 Å². The number of rotatable bonds is 11. The minimum absolute atomic E-state index is 0.119. The number of nitrogens with one attached hydrogen (secondary N) is 2. The Morgan fingerprint density at radius 2 is 1.91 bits per heavy atom. The van der Waals surface area contributed by atoms with E-state index in [0.717, 1.165) is 11.3 Å². The summed E-state index contributed by atoms with van der Waals surface area (Å²) in [4.78, 5) is 25.0. The lowest BCUT2D eigenvalue weighted by Gasteiger charge is -2.13. The Labute approximate surface area is 219 Å². The van der Waals surface area contributed by atoms with Crippen LogP contribution >= 0.6 is 35.0 Å². The first-order chi connectivity index (χ1) is 16.8. The Balaban J connectivity index is 1.58. The van der Waals surface area contributed by atoms with E-state index in [2.05, 4.69) is 41.3 Å². The third-order valence-electron chi connectivity index (χ3n) is 5.11. The van der Waals surface area contributed by atoms with Crippen LogP contribution in [0.1, 0.15) is 41.5 Å². The van der Waals surface area contributed by atoms with Gasteiger partial charge in [-0.15, -0.1) is 16.8 Å². The van der Waals surface area contributed by atoms with Crippen molar-refractivity contribution < 1.29 is 9.59 Å². The van der Waals surface area contributed by atoms with Gasteiger partial charge in [-0.05, 0) is 35.7 Å². The van der Waals surface area contributed by atoms with Gasteiger partial charge in [-0.25, -0.2) is 0 Å². The van der Waals surface area contributed by atoms with E-state index in [4.69, 9.17) is 23.2 Å². The van der Waals surface area contributed by atoms with Gasteiger partial charge in [0, 0.05) is 30.8 Å². The van der Waals surface area contributed by atoms with Crippen molar-refractivity contribution in [3.63, 3.8) is 0 Å². The van der Waals surface area contributed by atoms with Crippen molar-refractivity contribution in [3.8, 4) is 0 Å². The fourth-order valence-electron chi connectivity index (χ4n) is 3.38. The van der Waals surface area contributed by atoms with Crippen LogP contribution in [0.3, 0.4) is 0 Å². The monoisotopic (exact) mass is 531 g/mol. The Kier molecular flexibility index (Phi) is 9.77. The zero-order chi connectivity index (χ0) is 25.4. The fraction of sp³-hybridized carbons (Fsp3) is 0.280. The third-order valence-corrected chi connectivity index (χ3v) is 6.82. The summed E-state index contributed by atoms with van der Waals surface area (Å²) >= 11 is 13.2. The lowest BCUT2D eigenvalue weighted by Crippen LogP contribution is -2.26. The van der Waals surface area contributed by atoms with E-state index in [1.807, 2.05) is 28.8 Å². The highest BCUT2D eigenvalue weighted by Crippen LogP contribution is 2.25. The van der Waals surface area contributed by atoms with Crippen molar-refractivity contribution in [1.29, 1.82) is 0 Å². The van der Waals surface area contributed by atoms with E-state index >= 15 is 0 Å². The molecule has 2 N–H and O–H groups in total. The number of aromatic nitrogens is 3. The van der Waals surface area contributed by atoms with Gasteiger partial charge < -0.3 is 15.2 Å². The molecular formula is C25H27Cl2N5O2S. The maximum atomic E-state index is 12.6. The van der Waals surface area contributed by atoms with Crippen molar-refractivity contribution >= 4 is 52.5 Å². The largest absolute Gasteiger partial charge is 0.352 e. The zero-order valence-corrected chi connectivity index (χ0v) is 21.9. The zero-order valence-electron chi connectivity index (χ0n) is 19.6. The number of hydrogen-bond acceptors (Lipinski definition) is 5. The number of halogens is 2. The van der Waals surface area contributed by atoms with E-state index in [9.17, 15) is 9.59 Å². The molecule has 1 aromatic heterocycles. The smallest absolute Gasteiger partial charge is 0.251 e. The highest BCUT2D eigenvalue weighted by molar-refractivity contribution is 7.99. The molecule has 0 aliphatic heterocycles. The number of nitrogens with zero attached hydrogens (tertiary/aromatic N) is 3.